The molecule has 0 spiro atoms. The summed E-state index contributed by atoms with van der Waals surface area (Å²) in [6, 6.07) is 10.4. The topological polar surface area (TPSA) is 15.8 Å². The summed E-state index contributed by atoms with van der Waals surface area (Å²) in [7, 11) is 0. The molecule has 1 aromatic carbocycles. The van der Waals surface area contributed by atoms with Gasteiger partial charge in [-0.25, -0.2) is 0 Å². The maximum absolute atomic E-state index is 3.53. The molecule has 0 saturated heterocycles. The normalized spacial score (nSPS) is 8.54. The Bertz CT molecular complexity index is 319. The number of nitrogens with one attached hydrogen (secondary N) is 1. The first-order valence-corrected chi connectivity index (χ1v) is 4.75. The molecular formula is C11H17NS. The average Bonchev–Trinajstić information content (AvgIpc) is 2.48. The summed E-state index contributed by atoms with van der Waals surface area (Å²) >= 11 is 3.53. The van der Waals surface area contributed by atoms with Crippen LogP contribution in [0.2, 0.25) is 0 Å². The van der Waals surface area contributed by atoms with Gasteiger partial charge in [0.15, 0.2) is 0 Å². The molecule has 2 rings (SSSR count). The lowest BCUT2D eigenvalue weighted by Crippen LogP contribution is -1.65. The van der Waals surface area contributed by atoms with Crippen LogP contribution in [0.25, 0.3) is 10.9 Å². The first-order valence-electron chi connectivity index (χ1n) is 3.85. The average molecular weight is 195 g/mol. The number of para-hydroxylation sites is 1. The molecule has 0 bridgehead atoms. The van der Waals surface area contributed by atoms with Crippen LogP contribution in [-0.4, -0.2) is 11.2 Å². The zero-order valence-corrected chi connectivity index (χ0v) is 8.23. The number of H-pyrrole nitrogens is 1. The highest BCUT2D eigenvalue weighted by Crippen LogP contribution is 2.12. The van der Waals surface area contributed by atoms with Gasteiger partial charge in [0.25, 0.3) is 0 Å². The predicted octanol–water partition coefficient (Wildman–Crippen LogP) is 3.66. The number of benzene rings is 1. The number of hydrogen-bond donors (Lipinski definition) is 2. The van der Waals surface area contributed by atoms with Crippen molar-refractivity contribution >= 4 is 23.5 Å². The second kappa shape index (κ2) is 5.70. The first-order chi connectivity index (χ1) is 5.86. The Morgan fingerprint density at radius 2 is 1.77 bits per heavy atom. The quantitative estimate of drug-likeness (QED) is 0.597. The van der Waals surface area contributed by atoms with Gasteiger partial charge in [-0.3, -0.25) is 0 Å². The zero-order valence-electron chi connectivity index (χ0n) is 7.33. The molecule has 0 unspecified atom stereocenters. The lowest BCUT2D eigenvalue weighted by molar-refractivity contribution is 1.30. The molecule has 0 aliphatic carbocycles. The van der Waals surface area contributed by atoms with E-state index in [1.165, 1.54) is 16.6 Å². The van der Waals surface area contributed by atoms with Crippen molar-refractivity contribution in [3.63, 3.8) is 0 Å². The number of aromatic nitrogens is 1. The predicted molar refractivity (Wildman–Crippen MR) is 64.7 cm³/mol. The van der Waals surface area contributed by atoms with Gasteiger partial charge in [-0.15, -0.1) is 0 Å². The van der Waals surface area contributed by atoms with Crippen molar-refractivity contribution in [3.8, 4) is 0 Å². The summed E-state index contributed by atoms with van der Waals surface area (Å²) in [5, 5.41) is 1.29. The molecule has 2 heteroatoms. The van der Waals surface area contributed by atoms with Crippen molar-refractivity contribution in [1.29, 1.82) is 0 Å². The fraction of sp³-hybridized carbons (Fsp3) is 0.273. The number of aryl methyl sites for hydroxylation is 1. The molecule has 1 N–H and O–H groups in total. The molecule has 0 aliphatic rings. The SMILES string of the molecule is C.CS.Cc1cc2ccccc2[nH]1. The van der Waals surface area contributed by atoms with E-state index in [9.17, 15) is 0 Å². The van der Waals surface area contributed by atoms with Crippen LogP contribution in [0, 0.1) is 6.92 Å². The van der Waals surface area contributed by atoms with Crippen LogP contribution in [0.1, 0.15) is 13.1 Å². The largest absolute Gasteiger partial charge is 0.359 e. The Kier molecular flexibility index (Phi) is 5.31. The van der Waals surface area contributed by atoms with E-state index in [1.54, 1.807) is 6.26 Å². The Labute approximate surface area is 85.6 Å². The van der Waals surface area contributed by atoms with Gasteiger partial charge >= 0.3 is 0 Å². The molecule has 0 aliphatic heterocycles. The monoisotopic (exact) mass is 195 g/mol. The Hall–Kier alpha value is -0.890. The lowest BCUT2D eigenvalue weighted by Gasteiger charge is -1.83. The van der Waals surface area contributed by atoms with E-state index in [0.29, 0.717) is 0 Å². The number of rotatable bonds is 0. The lowest BCUT2D eigenvalue weighted by atomic mass is 10.2. The van der Waals surface area contributed by atoms with Gasteiger partial charge < -0.3 is 4.98 Å². The fourth-order valence-corrected chi connectivity index (χ4v) is 1.22. The van der Waals surface area contributed by atoms with Crippen LogP contribution in [0.4, 0.5) is 0 Å². The molecule has 1 aromatic heterocycles. The zero-order chi connectivity index (χ0) is 8.97. The Morgan fingerprint density at radius 3 is 2.38 bits per heavy atom. The maximum Gasteiger partial charge on any atom is 0.0455 e. The Balaban J connectivity index is 0.000000451. The van der Waals surface area contributed by atoms with Gasteiger partial charge in [0.1, 0.15) is 0 Å². The number of thiol groups is 1. The third-order valence-electron chi connectivity index (χ3n) is 1.66. The molecule has 0 amide bonds. The molecule has 72 valence electrons. The van der Waals surface area contributed by atoms with Crippen molar-refractivity contribution in [3.05, 3.63) is 36.0 Å². The number of aromatic amines is 1. The molecular weight excluding hydrogens is 178 g/mol. The van der Waals surface area contributed by atoms with E-state index >= 15 is 0 Å². The van der Waals surface area contributed by atoms with Crippen molar-refractivity contribution in [2.75, 3.05) is 6.26 Å². The third-order valence-corrected chi connectivity index (χ3v) is 1.66. The van der Waals surface area contributed by atoms with Gasteiger partial charge in [0.2, 0.25) is 0 Å². The van der Waals surface area contributed by atoms with Crippen molar-refractivity contribution < 1.29 is 0 Å². The van der Waals surface area contributed by atoms with Gasteiger partial charge in [-0.05, 0) is 30.7 Å². The second-order valence-corrected chi connectivity index (χ2v) is 2.54. The number of hydrogen-bond acceptors (Lipinski definition) is 1. The van der Waals surface area contributed by atoms with E-state index in [2.05, 4.69) is 48.8 Å². The maximum atomic E-state index is 3.53. The molecule has 1 heterocycles. The summed E-state index contributed by atoms with van der Waals surface area (Å²) in [6.45, 7) is 2.07. The molecule has 0 saturated carbocycles. The fourth-order valence-electron chi connectivity index (χ4n) is 1.22. The minimum absolute atomic E-state index is 0. The van der Waals surface area contributed by atoms with E-state index < -0.39 is 0 Å². The van der Waals surface area contributed by atoms with Gasteiger partial charge in [0.05, 0.1) is 0 Å². The summed E-state index contributed by atoms with van der Waals surface area (Å²) in [6.07, 6.45) is 1.69. The highest BCUT2D eigenvalue weighted by Gasteiger charge is 1.92. The Morgan fingerprint density at radius 1 is 1.15 bits per heavy atom. The molecule has 0 fully saturated rings. The van der Waals surface area contributed by atoms with E-state index in [0.717, 1.165) is 0 Å². The number of fused-ring (bicyclic) bond motifs is 1. The van der Waals surface area contributed by atoms with Gasteiger partial charge in [-0.2, -0.15) is 12.6 Å². The van der Waals surface area contributed by atoms with Crippen LogP contribution >= 0.6 is 12.6 Å². The molecule has 2 aromatic rings. The minimum atomic E-state index is 0. The van der Waals surface area contributed by atoms with Crippen molar-refractivity contribution in [1.82, 2.24) is 4.98 Å². The molecule has 13 heavy (non-hydrogen) atoms. The highest BCUT2D eigenvalue weighted by molar-refractivity contribution is 7.79. The third kappa shape index (κ3) is 2.81. The highest BCUT2D eigenvalue weighted by atomic mass is 32.1. The molecule has 1 nitrogen and oxygen atoms in total. The van der Waals surface area contributed by atoms with Crippen LogP contribution in [0.15, 0.2) is 30.3 Å². The summed E-state index contributed by atoms with van der Waals surface area (Å²) < 4.78 is 0. The van der Waals surface area contributed by atoms with E-state index in [-0.39, 0.29) is 7.43 Å². The van der Waals surface area contributed by atoms with Crippen LogP contribution < -0.4 is 0 Å². The second-order valence-electron chi connectivity index (χ2n) is 2.54. The molecule has 0 atom stereocenters. The first kappa shape index (κ1) is 12.1. The van der Waals surface area contributed by atoms with Crippen LogP contribution in [0.5, 0.6) is 0 Å². The summed E-state index contributed by atoms with van der Waals surface area (Å²) in [5.41, 5.74) is 2.45. The van der Waals surface area contributed by atoms with E-state index in [4.69, 9.17) is 0 Å². The summed E-state index contributed by atoms with van der Waals surface area (Å²) in [5.74, 6) is 0. The smallest absolute Gasteiger partial charge is 0.0455 e. The van der Waals surface area contributed by atoms with E-state index in [1.807, 2.05) is 6.07 Å². The minimum Gasteiger partial charge on any atom is -0.359 e. The van der Waals surface area contributed by atoms with Crippen molar-refractivity contribution in [2.24, 2.45) is 0 Å². The summed E-state index contributed by atoms with van der Waals surface area (Å²) in [4.78, 5) is 3.26. The van der Waals surface area contributed by atoms with Crippen molar-refractivity contribution in [2.45, 2.75) is 14.4 Å². The molecule has 0 radical (unpaired) electrons. The standard InChI is InChI=1S/C9H9N.CH4S.CH4/c1-7-6-8-4-2-3-5-9(8)10-7;1-2;/h2-6,10H,1H3;2H,1H3;1H4. The van der Waals surface area contributed by atoms with Crippen LogP contribution in [-0.2, 0) is 0 Å². The van der Waals surface area contributed by atoms with Crippen LogP contribution in [0.3, 0.4) is 0 Å². The van der Waals surface area contributed by atoms with Gasteiger partial charge in [-0.1, -0.05) is 25.6 Å². The van der Waals surface area contributed by atoms with Gasteiger partial charge in [0, 0.05) is 11.2 Å².